The van der Waals surface area contributed by atoms with E-state index in [4.69, 9.17) is 25.8 Å². The Hall–Kier alpha value is -2.33. The Labute approximate surface area is 253 Å². The van der Waals surface area contributed by atoms with Crippen LogP contribution in [0, 0.1) is 17.8 Å². The van der Waals surface area contributed by atoms with Crippen molar-refractivity contribution in [2.45, 2.75) is 63.1 Å². The molecule has 3 heterocycles. The predicted molar refractivity (Wildman–Crippen MR) is 161 cm³/mol. The molecular weight excluding hydrogens is 576 g/mol. The van der Waals surface area contributed by atoms with Gasteiger partial charge < -0.3 is 19.1 Å². The smallest absolute Gasteiger partial charge is 0.264 e. The van der Waals surface area contributed by atoms with E-state index in [9.17, 15) is 13.2 Å². The van der Waals surface area contributed by atoms with Crippen LogP contribution in [0.3, 0.4) is 0 Å². The van der Waals surface area contributed by atoms with Crippen molar-refractivity contribution in [2.75, 3.05) is 43.6 Å². The van der Waals surface area contributed by atoms with Gasteiger partial charge in [-0.2, -0.15) is 0 Å². The maximum atomic E-state index is 13.2. The van der Waals surface area contributed by atoms with Gasteiger partial charge in [-0.15, -0.1) is 0 Å². The number of nitrogens with zero attached hydrogens (tertiary/aromatic N) is 1. The molecule has 1 N–H and O–H groups in total. The number of anilines is 1. The largest absolute Gasteiger partial charge is 0.490 e. The van der Waals surface area contributed by atoms with Gasteiger partial charge in [-0.25, -0.2) is 13.1 Å². The Bertz CT molecular complexity index is 1480. The van der Waals surface area contributed by atoms with Gasteiger partial charge in [0.1, 0.15) is 5.75 Å². The molecule has 0 unspecified atom stereocenters. The fraction of sp³-hybridized carbons (Fsp3) is 0.594. The lowest BCUT2D eigenvalue weighted by molar-refractivity contribution is -0.139. The molecule has 8 nitrogen and oxygen atoms in total. The minimum Gasteiger partial charge on any atom is -0.490 e. The molecule has 2 aliphatic carbocycles. The number of aryl methyl sites for hydroxylation is 1. The molecule has 226 valence electrons. The molecule has 2 fully saturated rings. The fourth-order valence-electron chi connectivity index (χ4n) is 7.85. The SMILES string of the molecule is C[C@H]1CO[C@H]2C[C@@H]1OCCS(=O)(=O)NC(=O)c1ccc3c(c1)N(C[C@@H]1CC[C@H]12)C[C@@]1(CCCc2cc(Cl)ccc21)CO3. The van der Waals surface area contributed by atoms with Gasteiger partial charge in [-0.3, -0.25) is 4.79 Å². The zero-order valence-electron chi connectivity index (χ0n) is 24.0. The van der Waals surface area contributed by atoms with Gasteiger partial charge in [0, 0.05) is 41.4 Å². The lowest BCUT2D eigenvalue weighted by Crippen LogP contribution is -2.51. The molecule has 10 heteroatoms. The van der Waals surface area contributed by atoms with Crippen LogP contribution in [0.5, 0.6) is 5.75 Å². The zero-order valence-corrected chi connectivity index (χ0v) is 25.6. The summed E-state index contributed by atoms with van der Waals surface area (Å²) in [6.07, 6.45) is 6.05. The number of sulfonamides is 1. The molecule has 0 aromatic heterocycles. The number of carbonyl (C=O) groups excluding carboxylic acids is 1. The van der Waals surface area contributed by atoms with Crippen molar-refractivity contribution in [3.8, 4) is 5.75 Å². The highest BCUT2D eigenvalue weighted by Gasteiger charge is 2.46. The second-order valence-corrected chi connectivity index (χ2v) is 15.3. The molecular formula is C32H39ClN2O6S. The molecule has 1 saturated carbocycles. The van der Waals surface area contributed by atoms with Crippen LogP contribution in [0.25, 0.3) is 0 Å². The van der Waals surface area contributed by atoms with Crippen LogP contribution in [0.1, 0.15) is 60.5 Å². The summed E-state index contributed by atoms with van der Waals surface area (Å²) in [5.41, 5.74) is 3.48. The van der Waals surface area contributed by atoms with Gasteiger partial charge >= 0.3 is 0 Å². The zero-order chi connectivity index (χ0) is 29.1. The van der Waals surface area contributed by atoms with E-state index in [1.807, 2.05) is 12.1 Å². The summed E-state index contributed by atoms with van der Waals surface area (Å²) in [7, 11) is -3.87. The quantitative estimate of drug-likeness (QED) is 0.459. The molecule has 1 spiro atoms. The standard InChI is InChI=1S/C32H39ClN2O6S/c1-20-17-40-30-15-29(20)39-11-12-42(37,38)34-31(36)22-5-9-28-27(14-22)35(16-23-4-7-25(23)30)18-32(19-41-28)10-2-3-21-13-24(33)6-8-26(21)32/h5-6,8-9,13-14,20,23,25,29-30H,2-4,7,10-12,15-19H2,1H3,(H,34,36)/t20-,23-,25+,29-,30-,32-/m0/s1. The topological polar surface area (TPSA) is 94.2 Å². The van der Waals surface area contributed by atoms with E-state index < -0.39 is 15.9 Å². The fourth-order valence-corrected chi connectivity index (χ4v) is 8.87. The van der Waals surface area contributed by atoms with E-state index in [0.717, 1.165) is 68.1 Å². The first-order chi connectivity index (χ1) is 20.2. The molecule has 7 rings (SSSR count). The first-order valence-electron chi connectivity index (χ1n) is 15.3. The van der Waals surface area contributed by atoms with Crippen molar-refractivity contribution in [3.63, 3.8) is 0 Å². The van der Waals surface area contributed by atoms with Gasteiger partial charge in [0.05, 0.1) is 43.5 Å². The monoisotopic (exact) mass is 614 g/mol. The summed E-state index contributed by atoms with van der Waals surface area (Å²) in [5, 5.41) is 0.751. The molecule has 0 radical (unpaired) electrons. The van der Waals surface area contributed by atoms with Crippen LogP contribution in [-0.2, 0) is 31.3 Å². The van der Waals surface area contributed by atoms with Crippen LogP contribution in [0.2, 0.25) is 5.02 Å². The lowest BCUT2D eigenvalue weighted by Gasteiger charge is -2.48. The Balaban J connectivity index is 1.28. The number of rotatable bonds is 0. The highest BCUT2D eigenvalue weighted by molar-refractivity contribution is 7.90. The van der Waals surface area contributed by atoms with E-state index in [1.54, 1.807) is 12.1 Å². The minimum atomic E-state index is -3.87. The molecule has 1 amide bonds. The second-order valence-electron chi connectivity index (χ2n) is 13.0. The predicted octanol–water partition coefficient (Wildman–Crippen LogP) is 4.72. The maximum Gasteiger partial charge on any atom is 0.264 e. The molecule has 42 heavy (non-hydrogen) atoms. The van der Waals surface area contributed by atoms with Crippen molar-refractivity contribution >= 4 is 33.2 Å². The highest BCUT2D eigenvalue weighted by Crippen LogP contribution is 2.47. The lowest BCUT2D eigenvalue weighted by atomic mass is 9.67. The first-order valence-corrected chi connectivity index (χ1v) is 17.3. The molecule has 3 aliphatic heterocycles. The number of ether oxygens (including phenoxy) is 3. The normalized spacial score (nSPS) is 34.2. The van der Waals surface area contributed by atoms with Crippen molar-refractivity contribution in [1.29, 1.82) is 0 Å². The molecule has 2 aromatic rings. The Morgan fingerprint density at radius 1 is 1.10 bits per heavy atom. The van der Waals surface area contributed by atoms with Gasteiger partial charge in [-0.05, 0) is 85.4 Å². The molecule has 6 atom stereocenters. The molecule has 2 aromatic carbocycles. The van der Waals surface area contributed by atoms with Crippen molar-refractivity contribution in [2.24, 2.45) is 17.8 Å². The Morgan fingerprint density at radius 2 is 1.98 bits per heavy atom. The van der Waals surface area contributed by atoms with E-state index in [-0.39, 0.29) is 35.9 Å². The first kappa shape index (κ1) is 28.4. The van der Waals surface area contributed by atoms with E-state index in [1.165, 1.54) is 11.1 Å². The Morgan fingerprint density at radius 3 is 2.81 bits per heavy atom. The number of carbonyl (C=O) groups is 1. The minimum absolute atomic E-state index is 0.0407. The number of nitrogens with one attached hydrogen (secondary N) is 1. The van der Waals surface area contributed by atoms with Crippen LogP contribution in [0.4, 0.5) is 5.69 Å². The number of hydrogen-bond acceptors (Lipinski definition) is 7. The van der Waals surface area contributed by atoms with Crippen molar-refractivity contribution in [3.05, 3.63) is 58.1 Å². The summed E-state index contributed by atoms with van der Waals surface area (Å²) in [6, 6.07) is 11.5. The second kappa shape index (κ2) is 11.0. The number of fused-ring (bicyclic) bond motifs is 7. The van der Waals surface area contributed by atoms with Gasteiger partial charge in [0.2, 0.25) is 10.0 Å². The van der Waals surface area contributed by atoms with Gasteiger partial charge in [-0.1, -0.05) is 24.6 Å². The van der Waals surface area contributed by atoms with Crippen LogP contribution in [-0.4, -0.2) is 65.2 Å². The van der Waals surface area contributed by atoms with Gasteiger partial charge in [0.25, 0.3) is 5.91 Å². The van der Waals surface area contributed by atoms with Gasteiger partial charge in [0.15, 0.2) is 0 Å². The molecule has 4 bridgehead atoms. The average Bonchev–Trinajstić information content (AvgIpc) is 3.09. The molecule has 5 aliphatic rings. The van der Waals surface area contributed by atoms with E-state index in [2.05, 4.69) is 28.7 Å². The summed E-state index contributed by atoms with van der Waals surface area (Å²) in [6.45, 7) is 4.83. The highest BCUT2D eigenvalue weighted by atomic mass is 35.5. The number of hydrogen-bond donors (Lipinski definition) is 1. The van der Waals surface area contributed by atoms with E-state index >= 15 is 0 Å². The van der Waals surface area contributed by atoms with Crippen molar-refractivity contribution in [1.82, 2.24) is 4.72 Å². The number of benzene rings is 2. The van der Waals surface area contributed by atoms with Crippen LogP contribution < -0.4 is 14.4 Å². The van der Waals surface area contributed by atoms with Crippen LogP contribution >= 0.6 is 11.6 Å². The molecule has 1 saturated heterocycles. The van der Waals surface area contributed by atoms with Crippen molar-refractivity contribution < 1.29 is 27.4 Å². The summed E-state index contributed by atoms with van der Waals surface area (Å²) < 4.78 is 47.0. The third-order valence-corrected chi connectivity index (χ3v) is 11.7. The number of amides is 1. The Kier molecular flexibility index (Phi) is 7.44. The third-order valence-electron chi connectivity index (χ3n) is 10.3. The van der Waals surface area contributed by atoms with E-state index in [0.29, 0.717) is 30.6 Å². The summed E-state index contributed by atoms with van der Waals surface area (Å²) >= 11 is 6.41. The summed E-state index contributed by atoms with van der Waals surface area (Å²) in [5.74, 6) is 0.841. The number of halogens is 1. The average molecular weight is 615 g/mol. The van der Waals surface area contributed by atoms with Crippen LogP contribution in [0.15, 0.2) is 36.4 Å². The maximum absolute atomic E-state index is 13.2. The summed E-state index contributed by atoms with van der Waals surface area (Å²) in [4.78, 5) is 15.6. The third kappa shape index (κ3) is 5.31.